The predicted molar refractivity (Wildman–Crippen MR) is 154 cm³/mol. The zero-order valence-corrected chi connectivity index (χ0v) is 25.0. The van der Waals surface area contributed by atoms with Crippen LogP contribution in [0.15, 0.2) is 36.4 Å². The number of benzene rings is 2. The number of carboxylic acid groups (broad SMARTS) is 2. The Morgan fingerprint density at radius 2 is 1.17 bits per heavy atom. The molecule has 3 N–H and O–H groups in total. The van der Waals surface area contributed by atoms with Crippen molar-refractivity contribution in [1.29, 1.82) is 0 Å². The third-order valence-corrected chi connectivity index (χ3v) is 8.14. The highest BCUT2D eigenvalue weighted by Gasteiger charge is 2.29. The Morgan fingerprint density at radius 3 is 1.57 bits per heavy atom. The van der Waals surface area contributed by atoms with E-state index in [9.17, 15) is 39.3 Å². The van der Waals surface area contributed by atoms with Crippen LogP contribution in [0, 0.1) is 5.41 Å². The zero-order chi connectivity index (χ0) is 31.8. The van der Waals surface area contributed by atoms with Gasteiger partial charge in [0.05, 0.1) is 28.4 Å². The van der Waals surface area contributed by atoms with Gasteiger partial charge in [-0.25, -0.2) is 19.2 Å². The number of carbonyl (C=O) groups excluding carboxylic acids is 3. The molecule has 2 aromatic carbocycles. The van der Waals surface area contributed by atoms with E-state index >= 15 is 0 Å². The first kappa shape index (κ1) is 34.2. The minimum atomic E-state index is -1.49. The molecule has 0 spiro atoms. The van der Waals surface area contributed by atoms with Gasteiger partial charge in [0.2, 0.25) is 0 Å². The molecule has 1 unspecified atom stereocenters. The van der Waals surface area contributed by atoms with Crippen LogP contribution >= 0.6 is 0 Å². The molecular weight excluding hydrogens is 544 g/mol. The van der Waals surface area contributed by atoms with Crippen molar-refractivity contribution in [2.75, 3.05) is 6.61 Å². The molecule has 2 rings (SSSR count). The van der Waals surface area contributed by atoms with Gasteiger partial charge in [-0.15, -0.1) is 0 Å². The van der Waals surface area contributed by atoms with Crippen molar-refractivity contribution >= 4 is 29.7 Å². The summed E-state index contributed by atoms with van der Waals surface area (Å²) in [6.45, 7) is 11.1. The number of hydrogen-bond donors (Lipinski definition) is 3. The molecule has 2 aromatic rings. The summed E-state index contributed by atoms with van der Waals surface area (Å²) in [5.74, 6) is -5.47. The van der Waals surface area contributed by atoms with Gasteiger partial charge in [-0.1, -0.05) is 59.6 Å². The summed E-state index contributed by atoms with van der Waals surface area (Å²) in [6, 6.07) is 6.82. The van der Waals surface area contributed by atoms with Crippen molar-refractivity contribution in [3.8, 4) is 0 Å². The van der Waals surface area contributed by atoms with E-state index < -0.39 is 52.5 Å². The van der Waals surface area contributed by atoms with Crippen LogP contribution in [0.1, 0.15) is 131 Å². The van der Waals surface area contributed by atoms with Crippen molar-refractivity contribution in [3.05, 3.63) is 69.8 Å². The molecule has 0 radical (unpaired) electrons. The van der Waals surface area contributed by atoms with Gasteiger partial charge in [-0.3, -0.25) is 4.79 Å². The molecule has 0 heterocycles. The molecule has 0 saturated heterocycles. The average Bonchev–Trinajstić information content (AvgIpc) is 2.98. The minimum Gasteiger partial charge on any atom is -0.478 e. The summed E-state index contributed by atoms with van der Waals surface area (Å²) < 4.78 is 10.7. The van der Waals surface area contributed by atoms with E-state index in [-0.39, 0.29) is 34.3 Å². The molecule has 0 aliphatic carbocycles. The van der Waals surface area contributed by atoms with Crippen molar-refractivity contribution in [3.63, 3.8) is 0 Å². The molecule has 0 bridgehead atoms. The van der Waals surface area contributed by atoms with E-state index in [4.69, 9.17) is 9.47 Å². The Bertz CT molecular complexity index is 1330. The van der Waals surface area contributed by atoms with E-state index in [2.05, 4.69) is 0 Å². The molecule has 10 nitrogen and oxygen atoms in total. The lowest BCUT2D eigenvalue weighted by atomic mass is 9.80. The lowest BCUT2D eigenvalue weighted by Gasteiger charge is -2.29. The third-order valence-electron chi connectivity index (χ3n) is 8.14. The Kier molecular flexibility index (Phi) is 11.6. The standard InChI is InChI=1S/C32H40O10/c1-7-31(5,8-2)17-21(33)18-41-29(39)22-13-11-19(15-24(22)27(35)36)26(34)20-12-14-23(25(16-20)28(37)38)30(40)42-32(6,9-3)10-4/h11-16,21,33H,7-10,17-18H2,1-6H3,(H,35,36)(H,37,38). The Labute approximate surface area is 245 Å². The second-order valence-electron chi connectivity index (χ2n) is 11.0. The van der Waals surface area contributed by atoms with Crippen LogP contribution in [-0.4, -0.2) is 63.3 Å². The van der Waals surface area contributed by atoms with Gasteiger partial charge in [0.25, 0.3) is 0 Å². The molecule has 0 aromatic heterocycles. The van der Waals surface area contributed by atoms with Gasteiger partial charge in [0.15, 0.2) is 5.78 Å². The maximum Gasteiger partial charge on any atom is 0.339 e. The number of carbonyl (C=O) groups is 5. The van der Waals surface area contributed by atoms with E-state index in [0.717, 1.165) is 31.0 Å². The summed E-state index contributed by atoms with van der Waals surface area (Å²) in [7, 11) is 0. The zero-order valence-electron chi connectivity index (χ0n) is 25.0. The van der Waals surface area contributed by atoms with Crippen LogP contribution in [0.2, 0.25) is 0 Å². The van der Waals surface area contributed by atoms with Gasteiger partial charge < -0.3 is 24.8 Å². The first-order valence-electron chi connectivity index (χ1n) is 14.0. The maximum atomic E-state index is 13.2. The molecule has 0 saturated carbocycles. The lowest BCUT2D eigenvalue weighted by Crippen LogP contribution is -2.30. The fraction of sp³-hybridized carbons (Fsp3) is 0.469. The Morgan fingerprint density at radius 1 is 0.714 bits per heavy atom. The summed E-state index contributed by atoms with van der Waals surface area (Å²) in [6.07, 6.45) is 2.14. The first-order chi connectivity index (χ1) is 19.6. The van der Waals surface area contributed by atoms with Crippen molar-refractivity contribution in [2.24, 2.45) is 5.41 Å². The Balaban J connectivity index is 2.33. The summed E-state index contributed by atoms with van der Waals surface area (Å²) in [5.41, 5.74) is -2.63. The average molecular weight is 585 g/mol. The summed E-state index contributed by atoms with van der Waals surface area (Å²) >= 11 is 0. The number of ether oxygens (including phenoxy) is 2. The van der Waals surface area contributed by atoms with E-state index in [1.54, 1.807) is 6.92 Å². The molecule has 0 aliphatic rings. The number of carboxylic acids is 2. The van der Waals surface area contributed by atoms with Gasteiger partial charge in [0, 0.05) is 11.1 Å². The predicted octanol–water partition coefficient (Wildman–Crippen LogP) is 5.78. The van der Waals surface area contributed by atoms with Crippen LogP contribution in [0.5, 0.6) is 0 Å². The number of esters is 2. The van der Waals surface area contributed by atoms with Gasteiger partial charge in [-0.05, 0) is 55.9 Å². The molecule has 228 valence electrons. The fourth-order valence-corrected chi connectivity index (χ4v) is 4.34. The quantitative estimate of drug-likeness (QED) is 0.172. The summed E-state index contributed by atoms with van der Waals surface area (Å²) in [5, 5.41) is 29.8. The van der Waals surface area contributed by atoms with Crippen LogP contribution in [0.3, 0.4) is 0 Å². The maximum absolute atomic E-state index is 13.2. The minimum absolute atomic E-state index is 0.109. The number of aromatic carboxylic acids is 2. The number of hydrogen-bond acceptors (Lipinski definition) is 8. The molecule has 42 heavy (non-hydrogen) atoms. The van der Waals surface area contributed by atoms with E-state index in [0.29, 0.717) is 19.3 Å². The van der Waals surface area contributed by atoms with Crippen LogP contribution in [0.25, 0.3) is 0 Å². The fourth-order valence-electron chi connectivity index (χ4n) is 4.34. The first-order valence-corrected chi connectivity index (χ1v) is 14.0. The highest BCUT2D eigenvalue weighted by Crippen LogP contribution is 2.31. The normalized spacial score (nSPS) is 12.4. The van der Waals surface area contributed by atoms with Crippen LogP contribution < -0.4 is 0 Å². The molecule has 0 amide bonds. The van der Waals surface area contributed by atoms with Crippen molar-refractivity contribution < 1.29 is 48.8 Å². The molecule has 1 atom stereocenters. The third kappa shape index (κ3) is 8.25. The van der Waals surface area contributed by atoms with Crippen LogP contribution in [0.4, 0.5) is 0 Å². The van der Waals surface area contributed by atoms with Crippen molar-refractivity contribution in [2.45, 2.75) is 85.4 Å². The van der Waals surface area contributed by atoms with Gasteiger partial charge in [-0.2, -0.15) is 0 Å². The Hall–Kier alpha value is -4.05. The van der Waals surface area contributed by atoms with Gasteiger partial charge >= 0.3 is 23.9 Å². The summed E-state index contributed by atoms with van der Waals surface area (Å²) in [4.78, 5) is 62.6. The molecule has 0 aliphatic heterocycles. The molecular formula is C32H40O10. The number of aliphatic hydroxyl groups is 1. The number of ketones is 1. The van der Waals surface area contributed by atoms with Crippen molar-refractivity contribution in [1.82, 2.24) is 0 Å². The highest BCUT2D eigenvalue weighted by atomic mass is 16.6. The molecule has 10 heteroatoms. The van der Waals surface area contributed by atoms with Crippen LogP contribution in [-0.2, 0) is 9.47 Å². The van der Waals surface area contributed by atoms with E-state index in [1.807, 2.05) is 34.6 Å². The monoisotopic (exact) mass is 584 g/mol. The second kappa shape index (κ2) is 14.2. The smallest absolute Gasteiger partial charge is 0.339 e. The van der Waals surface area contributed by atoms with Gasteiger partial charge in [0.1, 0.15) is 12.2 Å². The number of aliphatic hydroxyl groups excluding tert-OH is 1. The molecule has 0 fully saturated rings. The number of rotatable bonds is 15. The van der Waals surface area contributed by atoms with E-state index in [1.165, 1.54) is 18.2 Å². The topological polar surface area (TPSA) is 164 Å². The lowest BCUT2D eigenvalue weighted by molar-refractivity contribution is -0.0133. The SMILES string of the molecule is CCC(C)(CC)CC(O)COC(=O)c1ccc(C(=O)c2ccc(C(=O)OC(C)(CC)CC)c(C(=O)O)c2)cc1C(=O)O. The second-order valence-corrected chi connectivity index (χ2v) is 11.0. The highest BCUT2D eigenvalue weighted by molar-refractivity contribution is 6.13. The largest absolute Gasteiger partial charge is 0.478 e.